The van der Waals surface area contributed by atoms with E-state index in [0.29, 0.717) is 36.1 Å². The first kappa shape index (κ1) is 16.8. The molecule has 1 aliphatic rings. The summed E-state index contributed by atoms with van der Waals surface area (Å²) >= 11 is 1.27. The molecule has 3 heterocycles. The van der Waals surface area contributed by atoms with E-state index >= 15 is 0 Å². The van der Waals surface area contributed by atoms with E-state index in [9.17, 15) is 9.18 Å². The summed E-state index contributed by atoms with van der Waals surface area (Å²) < 4.78 is 20.2. The molecule has 4 rings (SSSR count). The zero-order chi connectivity index (χ0) is 18.1. The number of ether oxygens (including phenoxy) is 1. The molecule has 1 amide bonds. The molecule has 0 atom stereocenters. The number of benzene rings is 1. The number of nitrogens with one attached hydrogen (secondary N) is 1. The number of rotatable bonds is 5. The van der Waals surface area contributed by atoms with E-state index in [0.717, 1.165) is 0 Å². The summed E-state index contributed by atoms with van der Waals surface area (Å²) in [6.07, 6.45) is 1.61. The lowest BCUT2D eigenvalue weighted by molar-refractivity contribution is -0.111. The van der Waals surface area contributed by atoms with Crippen LogP contribution >= 0.6 is 11.3 Å². The van der Waals surface area contributed by atoms with Crippen molar-refractivity contribution in [3.63, 3.8) is 0 Å². The van der Waals surface area contributed by atoms with Crippen LogP contribution in [0.2, 0.25) is 0 Å². The van der Waals surface area contributed by atoms with Crippen molar-refractivity contribution in [1.29, 1.82) is 0 Å². The number of hydrogen-bond donors (Lipinski definition) is 1. The molecule has 1 aromatic carbocycles. The van der Waals surface area contributed by atoms with E-state index in [-0.39, 0.29) is 22.8 Å². The van der Waals surface area contributed by atoms with Gasteiger partial charge in [0.15, 0.2) is 10.8 Å². The second-order valence-electron chi connectivity index (χ2n) is 6.61. The third kappa shape index (κ3) is 3.49. The monoisotopic (exact) mass is 373 g/mol. The Morgan fingerprint density at radius 3 is 3.04 bits per heavy atom. The minimum absolute atomic E-state index is 0.0383. The number of halogens is 1. The maximum Gasteiger partial charge on any atom is 0.279 e. The van der Waals surface area contributed by atoms with Crippen molar-refractivity contribution in [2.75, 3.05) is 18.5 Å². The molecule has 1 saturated heterocycles. The molecule has 0 spiro atoms. The molecule has 0 aliphatic carbocycles. The zero-order valence-corrected chi connectivity index (χ0v) is 14.8. The average molecular weight is 373 g/mol. The molecule has 7 nitrogen and oxygen atoms in total. The minimum Gasteiger partial charge on any atom is -0.380 e. The Balaban J connectivity index is 1.43. The number of thiazole rings is 1. The van der Waals surface area contributed by atoms with Gasteiger partial charge in [0.25, 0.3) is 5.91 Å². The van der Waals surface area contributed by atoms with Gasteiger partial charge in [0.05, 0.1) is 31.6 Å². The van der Waals surface area contributed by atoms with Crippen LogP contribution < -0.4 is 5.32 Å². The third-order valence-electron chi connectivity index (χ3n) is 4.06. The summed E-state index contributed by atoms with van der Waals surface area (Å²) in [5.74, 6) is -0.713. The molecular formula is C17H16FN5O2S. The van der Waals surface area contributed by atoms with Gasteiger partial charge in [0.1, 0.15) is 5.82 Å². The first-order chi connectivity index (χ1) is 12.5. The highest BCUT2D eigenvalue weighted by molar-refractivity contribution is 7.14. The van der Waals surface area contributed by atoms with Gasteiger partial charge in [0.2, 0.25) is 0 Å². The molecule has 134 valence electrons. The molecular weight excluding hydrogens is 357 g/mol. The molecule has 26 heavy (non-hydrogen) atoms. The number of amides is 1. The molecule has 0 radical (unpaired) electrons. The van der Waals surface area contributed by atoms with Crippen molar-refractivity contribution < 1.29 is 13.9 Å². The highest BCUT2D eigenvalue weighted by Crippen LogP contribution is 2.28. The van der Waals surface area contributed by atoms with E-state index in [1.54, 1.807) is 28.4 Å². The Morgan fingerprint density at radius 2 is 2.31 bits per heavy atom. The van der Waals surface area contributed by atoms with Gasteiger partial charge in [-0.15, -0.1) is 16.4 Å². The van der Waals surface area contributed by atoms with Crippen molar-refractivity contribution in [2.24, 2.45) is 5.41 Å². The van der Waals surface area contributed by atoms with Crippen LogP contribution in [0.3, 0.4) is 0 Å². The van der Waals surface area contributed by atoms with Crippen LogP contribution in [0.4, 0.5) is 9.52 Å². The summed E-state index contributed by atoms with van der Waals surface area (Å²) in [7, 11) is 0. The maximum atomic E-state index is 13.3. The lowest BCUT2D eigenvalue weighted by Crippen LogP contribution is -2.43. The van der Waals surface area contributed by atoms with Crippen LogP contribution in [-0.2, 0) is 11.3 Å². The lowest BCUT2D eigenvalue weighted by Gasteiger charge is -2.37. The van der Waals surface area contributed by atoms with E-state index in [1.165, 1.54) is 23.5 Å². The molecule has 1 fully saturated rings. The van der Waals surface area contributed by atoms with E-state index in [1.807, 2.05) is 0 Å². The second-order valence-corrected chi connectivity index (χ2v) is 7.47. The fourth-order valence-corrected chi connectivity index (χ4v) is 3.40. The van der Waals surface area contributed by atoms with Crippen LogP contribution in [0.5, 0.6) is 0 Å². The second kappa shape index (κ2) is 6.58. The number of aromatic nitrogens is 4. The Kier molecular flexibility index (Phi) is 4.25. The predicted molar refractivity (Wildman–Crippen MR) is 94.4 cm³/mol. The fraction of sp³-hybridized carbons (Fsp3) is 0.294. The zero-order valence-electron chi connectivity index (χ0n) is 14.0. The van der Waals surface area contributed by atoms with Crippen molar-refractivity contribution >= 4 is 22.4 Å². The van der Waals surface area contributed by atoms with Crippen LogP contribution in [0.1, 0.15) is 17.4 Å². The molecule has 0 saturated carbocycles. The minimum atomic E-state index is -0.383. The lowest BCUT2D eigenvalue weighted by atomic mass is 9.89. The Labute approximate surface area is 152 Å². The normalized spacial score (nSPS) is 15.5. The van der Waals surface area contributed by atoms with Crippen LogP contribution in [-0.4, -0.2) is 39.1 Å². The smallest absolute Gasteiger partial charge is 0.279 e. The first-order valence-corrected chi connectivity index (χ1v) is 8.89. The van der Waals surface area contributed by atoms with Crippen molar-refractivity contribution in [3.8, 4) is 11.3 Å². The Hall–Kier alpha value is -2.65. The number of carbonyl (C=O) groups excluding carboxylic acids is 1. The van der Waals surface area contributed by atoms with Gasteiger partial charge < -0.3 is 4.74 Å². The van der Waals surface area contributed by atoms with Crippen LogP contribution in [0.25, 0.3) is 11.3 Å². The first-order valence-electron chi connectivity index (χ1n) is 8.01. The standard InChI is InChI=1S/C17H16FN5O2S/c1-17(9-25-10-17)8-23-6-13(21-22-23)15(24)20-16-19-14(7-26-16)11-3-2-4-12(18)5-11/h2-7H,8-10H2,1H3,(H,19,20,24). The van der Waals surface area contributed by atoms with E-state index in [4.69, 9.17) is 4.74 Å². The average Bonchev–Trinajstić information content (AvgIpc) is 3.23. The van der Waals surface area contributed by atoms with Gasteiger partial charge in [-0.3, -0.25) is 14.8 Å². The topological polar surface area (TPSA) is 81.9 Å². The Morgan fingerprint density at radius 1 is 1.46 bits per heavy atom. The van der Waals surface area contributed by atoms with Crippen molar-refractivity contribution in [3.05, 3.63) is 47.4 Å². The summed E-state index contributed by atoms with van der Waals surface area (Å²) in [6, 6.07) is 6.16. The van der Waals surface area contributed by atoms with Crippen LogP contribution in [0, 0.1) is 11.2 Å². The molecule has 0 bridgehead atoms. The summed E-state index contributed by atoms with van der Waals surface area (Å²) in [6.45, 7) is 4.10. The van der Waals surface area contributed by atoms with Gasteiger partial charge in [-0.1, -0.05) is 24.3 Å². The number of anilines is 1. The largest absolute Gasteiger partial charge is 0.380 e. The number of hydrogen-bond acceptors (Lipinski definition) is 6. The van der Waals surface area contributed by atoms with Crippen LogP contribution in [0.15, 0.2) is 35.8 Å². The number of nitrogens with zero attached hydrogens (tertiary/aromatic N) is 4. The van der Waals surface area contributed by atoms with Crippen molar-refractivity contribution in [1.82, 2.24) is 20.0 Å². The molecule has 1 aliphatic heterocycles. The SMILES string of the molecule is CC1(Cn2cc(C(=O)Nc3nc(-c4cccc(F)c4)cs3)nn2)COC1. The fourth-order valence-electron chi connectivity index (χ4n) is 2.69. The summed E-state index contributed by atoms with van der Waals surface area (Å²) in [5, 5.41) is 12.8. The third-order valence-corrected chi connectivity index (χ3v) is 4.82. The van der Waals surface area contributed by atoms with Gasteiger partial charge in [-0.05, 0) is 12.1 Å². The van der Waals surface area contributed by atoms with Crippen molar-refractivity contribution in [2.45, 2.75) is 13.5 Å². The maximum absolute atomic E-state index is 13.3. The summed E-state index contributed by atoms with van der Waals surface area (Å²) in [4.78, 5) is 16.7. The Bertz CT molecular complexity index is 950. The highest BCUT2D eigenvalue weighted by atomic mass is 32.1. The molecule has 9 heteroatoms. The highest BCUT2D eigenvalue weighted by Gasteiger charge is 2.34. The van der Waals surface area contributed by atoms with Gasteiger partial charge in [-0.2, -0.15) is 0 Å². The quantitative estimate of drug-likeness (QED) is 0.744. The van der Waals surface area contributed by atoms with E-state index < -0.39 is 0 Å². The van der Waals surface area contributed by atoms with Gasteiger partial charge in [-0.25, -0.2) is 9.37 Å². The van der Waals surface area contributed by atoms with Gasteiger partial charge >= 0.3 is 0 Å². The predicted octanol–water partition coefficient (Wildman–Crippen LogP) is 2.83. The summed E-state index contributed by atoms with van der Waals surface area (Å²) in [5.41, 5.74) is 1.52. The molecule has 2 aromatic heterocycles. The molecule has 1 N–H and O–H groups in total. The number of carbonyl (C=O) groups is 1. The molecule has 3 aromatic rings. The van der Waals surface area contributed by atoms with E-state index in [2.05, 4.69) is 27.5 Å². The molecule has 0 unspecified atom stereocenters. The van der Waals surface area contributed by atoms with Gasteiger partial charge in [0, 0.05) is 16.4 Å².